The summed E-state index contributed by atoms with van der Waals surface area (Å²) in [5, 5.41) is 6.63. The minimum atomic E-state index is -0.140. The molecule has 0 bridgehead atoms. The fourth-order valence-corrected chi connectivity index (χ4v) is 2.10. The van der Waals surface area contributed by atoms with Crippen LogP contribution >= 0.6 is 0 Å². The predicted molar refractivity (Wildman–Crippen MR) is 60.8 cm³/mol. The van der Waals surface area contributed by atoms with Crippen LogP contribution in [0.15, 0.2) is 18.2 Å². The number of hydrogen-bond acceptors (Lipinski definition) is 2. The average Bonchev–Trinajstić information content (AvgIpc) is 2.26. The summed E-state index contributed by atoms with van der Waals surface area (Å²) in [6, 6.07) is 5.01. The van der Waals surface area contributed by atoms with Gasteiger partial charge in [-0.1, -0.05) is 6.92 Å². The molecule has 0 fully saturated rings. The van der Waals surface area contributed by atoms with Gasteiger partial charge in [0, 0.05) is 24.7 Å². The monoisotopic (exact) mass is 208 g/mol. The van der Waals surface area contributed by atoms with Crippen molar-refractivity contribution in [3.63, 3.8) is 0 Å². The van der Waals surface area contributed by atoms with Crippen LogP contribution in [-0.2, 0) is 0 Å². The lowest BCUT2D eigenvalue weighted by Crippen LogP contribution is -2.26. The molecule has 1 aliphatic rings. The highest BCUT2D eigenvalue weighted by atomic mass is 19.1. The molecule has 0 aromatic heterocycles. The summed E-state index contributed by atoms with van der Waals surface area (Å²) in [5.74, 6) is 0.302. The quantitative estimate of drug-likeness (QED) is 0.796. The Balaban J connectivity index is 2.20. The third-order valence-corrected chi connectivity index (χ3v) is 2.90. The highest BCUT2D eigenvalue weighted by Gasteiger charge is 2.19. The van der Waals surface area contributed by atoms with Crippen molar-refractivity contribution in [3.05, 3.63) is 29.6 Å². The number of rotatable bonds is 3. The highest BCUT2D eigenvalue weighted by molar-refractivity contribution is 5.55. The second-order valence-electron chi connectivity index (χ2n) is 3.95. The number of likely N-dealkylation sites (N-methyl/N-ethyl adjacent to an activating group) is 1. The molecule has 1 unspecified atom stereocenters. The van der Waals surface area contributed by atoms with E-state index in [0.29, 0.717) is 5.92 Å². The second kappa shape index (κ2) is 4.62. The molecular weight excluding hydrogens is 191 g/mol. The van der Waals surface area contributed by atoms with Crippen LogP contribution < -0.4 is 10.6 Å². The molecule has 2 rings (SSSR count). The van der Waals surface area contributed by atoms with Crippen LogP contribution in [-0.4, -0.2) is 19.6 Å². The standard InChI is InChI=1S/C12H17FN2/c1-2-14-8-9-5-6-15-12-4-3-10(13)7-11(9)12/h3-4,7,9,14-15H,2,5-6,8H2,1H3. The maximum Gasteiger partial charge on any atom is 0.123 e. The maximum absolute atomic E-state index is 13.1. The van der Waals surface area contributed by atoms with E-state index < -0.39 is 0 Å². The molecule has 0 amide bonds. The van der Waals surface area contributed by atoms with E-state index in [1.54, 1.807) is 6.07 Å². The Morgan fingerprint density at radius 2 is 2.40 bits per heavy atom. The van der Waals surface area contributed by atoms with Gasteiger partial charge in [-0.15, -0.1) is 0 Å². The molecule has 2 N–H and O–H groups in total. The highest BCUT2D eigenvalue weighted by Crippen LogP contribution is 2.31. The van der Waals surface area contributed by atoms with Crippen molar-refractivity contribution in [1.82, 2.24) is 5.32 Å². The van der Waals surface area contributed by atoms with Crippen LogP contribution in [0.3, 0.4) is 0 Å². The van der Waals surface area contributed by atoms with Crippen molar-refractivity contribution in [3.8, 4) is 0 Å². The van der Waals surface area contributed by atoms with Crippen molar-refractivity contribution >= 4 is 5.69 Å². The summed E-state index contributed by atoms with van der Waals surface area (Å²) in [7, 11) is 0. The summed E-state index contributed by atoms with van der Waals surface area (Å²) in [6.07, 6.45) is 1.07. The molecule has 1 heterocycles. The summed E-state index contributed by atoms with van der Waals surface area (Å²) in [6.45, 7) is 4.98. The third kappa shape index (κ3) is 2.29. The van der Waals surface area contributed by atoms with Gasteiger partial charge in [-0.05, 0) is 36.7 Å². The molecule has 1 aromatic rings. The van der Waals surface area contributed by atoms with Gasteiger partial charge in [0.1, 0.15) is 5.82 Å². The molecule has 3 heteroatoms. The fourth-order valence-electron chi connectivity index (χ4n) is 2.10. The van der Waals surface area contributed by atoms with Gasteiger partial charge in [0.05, 0.1) is 0 Å². The number of anilines is 1. The fraction of sp³-hybridized carbons (Fsp3) is 0.500. The minimum Gasteiger partial charge on any atom is -0.385 e. The summed E-state index contributed by atoms with van der Waals surface area (Å²) < 4.78 is 13.1. The van der Waals surface area contributed by atoms with Gasteiger partial charge in [-0.25, -0.2) is 4.39 Å². The Morgan fingerprint density at radius 3 is 3.20 bits per heavy atom. The van der Waals surface area contributed by atoms with E-state index in [2.05, 4.69) is 17.6 Å². The van der Waals surface area contributed by atoms with Crippen LogP contribution in [0, 0.1) is 5.82 Å². The summed E-state index contributed by atoms with van der Waals surface area (Å²) in [5.41, 5.74) is 2.20. The van der Waals surface area contributed by atoms with Gasteiger partial charge < -0.3 is 10.6 Å². The number of nitrogens with one attached hydrogen (secondary N) is 2. The number of fused-ring (bicyclic) bond motifs is 1. The van der Waals surface area contributed by atoms with Gasteiger partial charge in [-0.3, -0.25) is 0 Å². The third-order valence-electron chi connectivity index (χ3n) is 2.90. The van der Waals surface area contributed by atoms with E-state index in [1.165, 1.54) is 6.07 Å². The lowest BCUT2D eigenvalue weighted by atomic mass is 9.91. The van der Waals surface area contributed by atoms with E-state index in [-0.39, 0.29) is 5.82 Å². The molecule has 0 aliphatic carbocycles. The van der Waals surface area contributed by atoms with Crippen LogP contribution in [0.2, 0.25) is 0 Å². The lowest BCUT2D eigenvalue weighted by molar-refractivity contribution is 0.555. The first-order valence-corrected chi connectivity index (χ1v) is 5.55. The molecular formula is C12H17FN2. The Labute approximate surface area is 89.9 Å². The van der Waals surface area contributed by atoms with Crippen molar-refractivity contribution in [2.45, 2.75) is 19.3 Å². The average molecular weight is 208 g/mol. The zero-order chi connectivity index (χ0) is 10.7. The number of halogens is 1. The Bertz CT molecular complexity index is 338. The molecule has 15 heavy (non-hydrogen) atoms. The summed E-state index contributed by atoms with van der Waals surface area (Å²) in [4.78, 5) is 0. The molecule has 1 atom stereocenters. The molecule has 0 saturated heterocycles. The van der Waals surface area contributed by atoms with Crippen molar-refractivity contribution in [2.75, 3.05) is 25.0 Å². The van der Waals surface area contributed by atoms with E-state index >= 15 is 0 Å². The van der Waals surface area contributed by atoms with Crippen LogP contribution in [0.25, 0.3) is 0 Å². The lowest BCUT2D eigenvalue weighted by Gasteiger charge is -2.26. The SMILES string of the molecule is CCNCC1CCNc2ccc(F)cc21. The Morgan fingerprint density at radius 1 is 1.53 bits per heavy atom. The van der Waals surface area contributed by atoms with Crippen LogP contribution in [0.5, 0.6) is 0 Å². The van der Waals surface area contributed by atoms with Gasteiger partial charge >= 0.3 is 0 Å². The normalized spacial score (nSPS) is 19.5. The number of hydrogen-bond donors (Lipinski definition) is 2. The Hall–Kier alpha value is -1.09. The van der Waals surface area contributed by atoms with E-state index in [1.807, 2.05) is 6.07 Å². The first-order valence-electron chi connectivity index (χ1n) is 5.55. The largest absolute Gasteiger partial charge is 0.385 e. The zero-order valence-electron chi connectivity index (χ0n) is 9.02. The van der Waals surface area contributed by atoms with E-state index in [4.69, 9.17) is 0 Å². The zero-order valence-corrected chi connectivity index (χ0v) is 9.02. The van der Waals surface area contributed by atoms with Gasteiger partial charge in [0.2, 0.25) is 0 Å². The van der Waals surface area contributed by atoms with Crippen LogP contribution in [0.1, 0.15) is 24.8 Å². The van der Waals surface area contributed by atoms with E-state index in [0.717, 1.165) is 37.3 Å². The maximum atomic E-state index is 13.1. The molecule has 0 saturated carbocycles. The predicted octanol–water partition coefficient (Wildman–Crippen LogP) is 2.33. The molecule has 1 aliphatic heterocycles. The first-order chi connectivity index (χ1) is 7.31. The number of benzene rings is 1. The summed E-state index contributed by atoms with van der Waals surface area (Å²) >= 11 is 0. The minimum absolute atomic E-state index is 0.140. The van der Waals surface area contributed by atoms with Gasteiger partial charge in [-0.2, -0.15) is 0 Å². The first kappa shape index (κ1) is 10.4. The molecule has 2 nitrogen and oxygen atoms in total. The van der Waals surface area contributed by atoms with Crippen LogP contribution in [0.4, 0.5) is 10.1 Å². The molecule has 1 aromatic carbocycles. The molecule has 82 valence electrons. The van der Waals surface area contributed by atoms with Crippen molar-refractivity contribution < 1.29 is 4.39 Å². The molecule has 0 spiro atoms. The molecule has 0 radical (unpaired) electrons. The Kier molecular flexibility index (Phi) is 3.21. The topological polar surface area (TPSA) is 24.1 Å². The van der Waals surface area contributed by atoms with Crippen molar-refractivity contribution in [1.29, 1.82) is 0 Å². The van der Waals surface area contributed by atoms with Crippen molar-refractivity contribution in [2.24, 2.45) is 0 Å². The van der Waals surface area contributed by atoms with Gasteiger partial charge in [0.25, 0.3) is 0 Å². The van der Waals surface area contributed by atoms with Gasteiger partial charge in [0.15, 0.2) is 0 Å². The second-order valence-corrected chi connectivity index (χ2v) is 3.95. The van der Waals surface area contributed by atoms with E-state index in [9.17, 15) is 4.39 Å². The smallest absolute Gasteiger partial charge is 0.123 e.